The van der Waals surface area contributed by atoms with Gasteiger partial charge in [-0.2, -0.15) is 5.10 Å². The van der Waals surface area contributed by atoms with Crippen LogP contribution < -0.4 is 16.6 Å². The topological polar surface area (TPSA) is 90.0 Å². The van der Waals surface area contributed by atoms with E-state index in [2.05, 4.69) is 17.3 Å². The smallest absolute Gasteiger partial charge is 0.274 e. The molecule has 0 aliphatic rings. The molecule has 2 aromatic rings. The molecule has 1 amide bonds. The van der Waals surface area contributed by atoms with E-state index in [0.29, 0.717) is 23.9 Å². The molecule has 0 aliphatic heterocycles. The summed E-state index contributed by atoms with van der Waals surface area (Å²) in [6.07, 6.45) is 4.48. The highest BCUT2D eigenvalue weighted by Gasteiger charge is 2.23. The van der Waals surface area contributed by atoms with Gasteiger partial charge in [0.25, 0.3) is 11.5 Å². The van der Waals surface area contributed by atoms with Crippen LogP contribution in [-0.4, -0.2) is 27.8 Å². The van der Waals surface area contributed by atoms with Gasteiger partial charge >= 0.3 is 0 Å². The van der Waals surface area contributed by atoms with E-state index in [1.54, 1.807) is 18.2 Å². The van der Waals surface area contributed by atoms with Crippen LogP contribution in [0.5, 0.6) is 0 Å². The van der Waals surface area contributed by atoms with Crippen molar-refractivity contribution in [2.45, 2.75) is 65.0 Å². The molecule has 26 heavy (non-hydrogen) atoms. The van der Waals surface area contributed by atoms with Crippen molar-refractivity contribution in [3.8, 4) is 0 Å². The average molecular weight is 358 g/mol. The lowest BCUT2D eigenvalue weighted by molar-refractivity contribution is 0.0936. The van der Waals surface area contributed by atoms with Gasteiger partial charge in [-0.25, -0.2) is 4.68 Å². The van der Waals surface area contributed by atoms with E-state index in [0.717, 1.165) is 32.1 Å². The maximum atomic E-state index is 12.8. The van der Waals surface area contributed by atoms with E-state index < -0.39 is 5.54 Å². The van der Waals surface area contributed by atoms with Gasteiger partial charge in [0.15, 0.2) is 5.69 Å². The third-order valence-corrected chi connectivity index (χ3v) is 5.07. The molecule has 1 aromatic heterocycles. The largest absolute Gasteiger partial charge is 0.349 e. The summed E-state index contributed by atoms with van der Waals surface area (Å²) in [4.78, 5) is 25.4. The first-order valence-electron chi connectivity index (χ1n) is 9.52. The van der Waals surface area contributed by atoms with E-state index >= 15 is 0 Å². The summed E-state index contributed by atoms with van der Waals surface area (Å²) in [5.41, 5.74) is 5.98. The van der Waals surface area contributed by atoms with Gasteiger partial charge in [-0.1, -0.05) is 51.8 Å². The number of aryl methyl sites for hydroxylation is 1. The molecule has 0 atom stereocenters. The highest BCUT2D eigenvalue weighted by Crippen LogP contribution is 2.15. The van der Waals surface area contributed by atoms with Gasteiger partial charge in [-0.05, 0) is 25.3 Å². The Morgan fingerprint density at radius 3 is 2.42 bits per heavy atom. The number of amides is 1. The van der Waals surface area contributed by atoms with Crippen LogP contribution in [0.2, 0.25) is 0 Å². The van der Waals surface area contributed by atoms with Crippen LogP contribution in [0.15, 0.2) is 29.1 Å². The van der Waals surface area contributed by atoms with Crippen LogP contribution in [0.4, 0.5) is 0 Å². The molecule has 0 bridgehead atoms. The number of hydrogen-bond donors (Lipinski definition) is 2. The van der Waals surface area contributed by atoms with Crippen LogP contribution in [0, 0.1) is 0 Å². The van der Waals surface area contributed by atoms with Gasteiger partial charge < -0.3 is 11.1 Å². The number of carbonyl (C=O) groups is 1. The number of nitrogens with two attached hydrogens (primary N) is 1. The highest BCUT2D eigenvalue weighted by molar-refractivity contribution is 6.04. The van der Waals surface area contributed by atoms with E-state index in [1.165, 1.54) is 4.68 Å². The van der Waals surface area contributed by atoms with E-state index in [4.69, 9.17) is 5.73 Å². The summed E-state index contributed by atoms with van der Waals surface area (Å²) in [5.74, 6) is -0.290. The first-order valence-corrected chi connectivity index (χ1v) is 9.52. The van der Waals surface area contributed by atoms with Gasteiger partial charge in [-0.15, -0.1) is 0 Å². The number of hydrogen-bond acceptors (Lipinski definition) is 4. The zero-order valence-corrected chi connectivity index (χ0v) is 16.0. The van der Waals surface area contributed by atoms with Gasteiger partial charge in [0.1, 0.15) is 0 Å². The molecule has 6 heteroatoms. The normalized spacial score (nSPS) is 11.7. The van der Waals surface area contributed by atoms with Crippen molar-refractivity contribution in [2.75, 3.05) is 6.54 Å². The quantitative estimate of drug-likeness (QED) is 0.675. The van der Waals surface area contributed by atoms with E-state index in [-0.39, 0.29) is 17.2 Å². The first kappa shape index (κ1) is 20.1. The number of fused-ring (bicyclic) bond motifs is 1. The summed E-state index contributed by atoms with van der Waals surface area (Å²) in [6, 6.07) is 7.13. The molecule has 0 aliphatic carbocycles. The Labute approximate surface area is 154 Å². The molecule has 1 aromatic carbocycles. The molecule has 0 saturated heterocycles. The summed E-state index contributed by atoms with van der Waals surface area (Å²) in [7, 11) is 0. The van der Waals surface area contributed by atoms with E-state index in [9.17, 15) is 9.59 Å². The number of aromatic nitrogens is 2. The average Bonchev–Trinajstić information content (AvgIpc) is 2.68. The molecule has 142 valence electrons. The molecule has 3 N–H and O–H groups in total. The molecule has 0 radical (unpaired) electrons. The zero-order chi connectivity index (χ0) is 19.2. The summed E-state index contributed by atoms with van der Waals surface area (Å²) < 4.78 is 1.42. The Bertz CT molecular complexity index is 809. The monoisotopic (exact) mass is 358 g/mol. The Balaban J connectivity index is 2.37. The standard InChI is InChI=1S/C20H30N4O2/c1-4-7-10-13-24-19(26)16-12-9-8-11-15(16)17(23-24)18(25)22-14-20(21,5-2)6-3/h8-9,11-12H,4-7,10,13-14,21H2,1-3H3,(H,22,25). The summed E-state index contributed by atoms with van der Waals surface area (Å²) in [5, 5.41) is 8.38. The number of nitrogens with one attached hydrogen (secondary N) is 1. The van der Waals surface area contributed by atoms with Crippen molar-refractivity contribution >= 4 is 16.7 Å². The fourth-order valence-corrected chi connectivity index (χ4v) is 2.91. The second-order valence-electron chi connectivity index (χ2n) is 6.88. The third-order valence-electron chi connectivity index (χ3n) is 5.07. The number of carbonyl (C=O) groups excluding carboxylic acids is 1. The van der Waals surface area contributed by atoms with Crippen LogP contribution in [-0.2, 0) is 6.54 Å². The lowest BCUT2D eigenvalue weighted by Gasteiger charge is -2.26. The molecule has 0 saturated carbocycles. The van der Waals surface area contributed by atoms with Gasteiger partial charge in [0.05, 0.1) is 5.39 Å². The predicted molar refractivity (Wildman–Crippen MR) is 105 cm³/mol. The molecule has 0 spiro atoms. The Kier molecular flexibility index (Phi) is 6.91. The molecule has 0 unspecified atom stereocenters. The number of nitrogens with zero attached hydrogens (tertiary/aromatic N) is 2. The van der Waals surface area contributed by atoms with Crippen molar-refractivity contribution in [3.05, 3.63) is 40.3 Å². The predicted octanol–water partition coefficient (Wildman–Crippen LogP) is 2.83. The Morgan fingerprint density at radius 2 is 1.81 bits per heavy atom. The first-order chi connectivity index (χ1) is 12.5. The SMILES string of the molecule is CCCCCn1nc(C(=O)NCC(N)(CC)CC)c2ccccc2c1=O. The van der Waals surface area contributed by atoms with Crippen LogP contribution >= 0.6 is 0 Å². The molecule has 6 nitrogen and oxygen atoms in total. The highest BCUT2D eigenvalue weighted by atomic mass is 16.2. The van der Waals surface area contributed by atoms with Gasteiger partial charge in [0.2, 0.25) is 0 Å². The van der Waals surface area contributed by atoms with Crippen LogP contribution in [0.1, 0.15) is 63.4 Å². The maximum Gasteiger partial charge on any atom is 0.274 e. The second kappa shape index (κ2) is 8.94. The Hall–Kier alpha value is -2.21. The summed E-state index contributed by atoms with van der Waals surface area (Å²) in [6.45, 7) is 7.02. The van der Waals surface area contributed by atoms with E-state index in [1.807, 2.05) is 19.9 Å². The summed E-state index contributed by atoms with van der Waals surface area (Å²) >= 11 is 0. The molecular formula is C20H30N4O2. The molecule has 2 rings (SSSR count). The third kappa shape index (κ3) is 4.49. The molecule has 0 fully saturated rings. The minimum atomic E-state index is -0.430. The number of rotatable bonds is 9. The van der Waals surface area contributed by atoms with Crippen molar-refractivity contribution in [1.82, 2.24) is 15.1 Å². The number of unbranched alkanes of at least 4 members (excludes halogenated alkanes) is 2. The fourth-order valence-electron chi connectivity index (χ4n) is 2.91. The second-order valence-corrected chi connectivity index (χ2v) is 6.88. The minimum absolute atomic E-state index is 0.149. The maximum absolute atomic E-state index is 12.8. The van der Waals surface area contributed by atoms with Crippen molar-refractivity contribution in [2.24, 2.45) is 5.73 Å². The fraction of sp³-hybridized carbons (Fsp3) is 0.550. The lowest BCUT2D eigenvalue weighted by atomic mass is 9.94. The van der Waals surface area contributed by atoms with Gasteiger partial charge in [-0.3, -0.25) is 9.59 Å². The van der Waals surface area contributed by atoms with Crippen LogP contribution in [0.25, 0.3) is 10.8 Å². The molecule has 1 heterocycles. The van der Waals surface area contributed by atoms with Gasteiger partial charge in [0, 0.05) is 24.0 Å². The van der Waals surface area contributed by atoms with Crippen molar-refractivity contribution in [3.63, 3.8) is 0 Å². The zero-order valence-electron chi connectivity index (χ0n) is 16.0. The minimum Gasteiger partial charge on any atom is -0.349 e. The van der Waals surface area contributed by atoms with Crippen molar-refractivity contribution in [1.29, 1.82) is 0 Å². The lowest BCUT2D eigenvalue weighted by Crippen LogP contribution is -2.49. The van der Waals surface area contributed by atoms with Crippen LogP contribution in [0.3, 0.4) is 0 Å². The van der Waals surface area contributed by atoms with Crippen molar-refractivity contribution < 1.29 is 4.79 Å². The number of benzene rings is 1. The Morgan fingerprint density at radius 1 is 1.15 bits per heavy atom. The molecular weight excluding hydrogens is 328 g/mol.